The van der Waals surface area contributed by atoms with Crippen molar-refractivity contribution in [3.8, 4) is 0 Å². The summed E-state index contributed by atoms with van der Waals surface area (Å²) in [5, 5.41) is 5.81. The van der Waals surface area contributed by atoms with E-state index in [1.807, 2.05) is 18.4 Å². The summed E-state index contributed by atoms with van der Waals surface area (Å²) in [6.07, 6.45) is 5.99. The van der Waals surface area contributed by atoms with Gasteiger partial charge in [-0.1, -0.05) is 18.2 Å². The van der Waals surface area contributed by atoms with Gasteiger partial charge in [0.1, 0.15) is 11.7 Å². The molecule has 36 heavy (non-hydrogen) atoms. The Balaban J connectivity index is 1.48. The first kappa shape index (κ1) is 23.0. The van der Waals surface area contributed by atoms with E-state index in [1.165, 1.54) is 6.26 Å². The zero-order valence-electron chi connectivity index (χ0n) is 20.0. The number of allylic oxidation sites excluding steroid dienone is 3. The molecule has 0 saturated heterocycles. The number of thiophene rings is 1. The van der Waals surface area contributed by atoms with E-state index >= 15 is 0 Å². The van der Waals surface area contributed by atoms with Crippen LogP contribution in [0.15, 0.2) is 79.8 Å². The lowest BCUT2D eigenvalue weighted by Crippen LogP contribution is -2.38. The van der Waals surface area contributed by atoms with E-state index in [-0.39, 0.29) is 23.2 Å². The van der Waals surface area contributed by atoms with Gasteiger partial charge in [-0.05, 0) is 62.6 Å². The van der Waals surface area contributed by atoms with Crippen LogP contribution in [0.1, 0.15) is 67.7 Å². The van der Waals surface area contributed by atoms with E-state index in [0.717, 1.165) is 36.3 Å². The lowest BCUT2D eigenvalue weighted by atomic mass is 9.73. The van der Waals surface area contributed by atoms with Gasteiger partial charge in [-0.15, -0.1) is 11.3 Å². The highest BCUT2D eigenvalue weighted by atomic mass is 32.1. The predicted octanol–water partition coefficient (Wildman–Crippen LogP) is 5.70. The molecule has 2 aliphatic carbocycles. The number of esters is 1. The molecule has 3 heterocycles. The lowest BCUT2D eigenvalue weighted by Gasteiger charge is -2.36. The zero-order valence-corrected chi connectivity index (χ0v) is 20.9. The number of rotatable bonds is 4. The summed E-state index contributed by atoms with van der Waals surface area (Å²) in [6, 6.07) is 11.1. The van der Waals surface area contributed by atoms with E-state index < -0.39 is 11.9 Å². The van der Waals surface area contributed by atoms with Gasteiger partial charge in [-0.3, -0.25) is 9.59 Å². The molecule has 3 aliphatic rings. The number of benzene rings is 1. The van der Waals surface area contributed by atoms with E-state index in [2.05, 4.69) is 11.4 Å². The van der Waals surface area contributed by atoms with E-state index in [1.54, 1.807) is 35.6 Å². The van der Waals surface area contributed by atoms with Crippen molar-refractivity contribution in [3.63, 3.8) is 0 Å². The Bertz CT molecular complexity index is 1470. The normalized spacial score (nSPS) is 22.6. The van der Waals surface area contributed by atoms with Crippen LogP contribution in [-0.2, 0) is 14.3 Å². The van der Waals surface area contributed by atoms with Crippen molar-refractivity contribution in [1.29, 1.82) is 0 Å². The van der Waals surface area contributed by atoms with Gasteiger partial charge in [0.2, 0.25) is 0 Å². The second-order valence-corrected chi connectivity index (χ2v) is 10.8. The molecule has 0 spiro atoms. The molecule has 1 N–H and O–H groups in total. The number of nitrogens with one attached hydrogen (secondary N) is 1. The number of fused-ring (bicyclic) bond motifs is 1. The summed E-state index contributed by atoms with van der Waals surface area (Å²) < 4.78 is 11.7. The summed E-state index contributed by atoms with van der Waals surface area (Å²) >= 11 is 1.64. The number of dihydropyridines is 1. The molecule has 1 fully saturated rings. The van der Waals surface area contributed by atoms with Crippen LogP contribution in [0.25, 0.3) is 11.0 Å². The molecular formula is C29H27NO5S. The minimum atomic E-state index is -0.826. The molecule has 6 nitrogen and oxygen atoms in total. The first-order valence-corrected chi connectivity index (χ1v) is 13.4. The van der Waals surface area contributed by atoms with Crippen molar-refractivity contribution < 1.29 is 18.7 Å². The monoisotopic (exact) mass is 501 g/mol. The van der Waals surface area contributed by atoms with Gasteiger partial charge in [-0.2, -0.15) is 0 Å². The maximum Gasteiger partial charge on any atom is 0.337 e. The number of carbonyl (C=O) groups excluding carboxylic acids is 2. The van der Waals surface area contributed by atoms with Crippen molar-refractivity contribution in [2.24, 2.45) is 0 Å². The maximum absolute atomic E-state index is 13.7. The SMILES string of the molecule is CC1=C(C(=O)OC2CCCC2)[C@@H](c2coc3ccccc3c2=O)C2=C(C[C@H](c3cccs3)CC2=O)N1. The Kier molecular flexibility index (Phi) is 5.88. The molecule has 1 saturated carbocycles. The van der Waals surface area contributed by atoms with Crippen molar-refractivity contribution in [3.05, 3.63) is 91.2 Å². The summed E-state index contributed by atoms with van der Waals surface area (Å²) in [7, 11) is 0. The molecule has 2 atom stereocenters. The molecule has 3 aromatic rings. The summed E-state index contributed by atoms with van der Waals surface area (Å²) in [5.41, 5.74) is 2.73. The van der Waals surface area contributed by atoms with Gasteiger partial charge in [0.25, 0.3) is 0 Å². The van der Waals surface area contributed by atoms with Crippen molar-refractivity contribution in [2.45, 2.75) is 63.4 Å². The average molecular weight is 502 g/mol. The molecule has 7 heteroatoms. The number of hydrogen-bond donors (Lipinski definition) is 1. The van der Waals surface area contributed by atoms with E-state index in [0.29, 0.717) is 46.2 Å². The van der Waals surface area contributed by atoms with Crippen LogP contribution in [0.2, 0.25) is 0 Å². The fourth-order valence-corrected chi connectivity index (χ4v) is 6.69. The number of carbonyl (C=O) groups is 2. The van der Waals surface area contributed by atoms with Crippen LogP contribution in [0.5, 0.6) is 0 Å². The average Bonchev–Trinajstić information content (AvgIpc) is 3.58. The van der Waals surface area contributed by atoms with Gasteiger partial charge < -0.3 is 14.5 Å². The Morgan fingerprint density at radius 1 is 1.08 bits per heavy atom. The molecule has 0 unspecified atom stereocenters. The molecule has 0 radical (unpaired) electrons. The molecule has 0 bridgehead atoms. The highest BCUT2D eigenvalue weighted by Crippen LogP contribution is 2.46. The van der Waals surface area contributed by atoms with Crippen molar-refractivity contribution in [2.75, 3.05) is 0 Å². The van der Waals surface area contributed by atoms with Gasteiger partial charge in [0, 0.05) is 39.7 Å². The highest BCUT2D eigenvalue weighted by molar-refractivity contribution is 7.10. The number of ether oxygens (including phenoxy) is 1. The van der Waals surface area contributed by atoms with E-state index in [9.17, 15) is 14.4 Å². The topological polar surface area (TPSA) is 85.6 Å². The molecule has 1 aromatic carbocycles. The van der Waals surface area contributed by atoms with Crippen LogP contribution in [0.3, 0.4) is 0 Å². The second kappa shape index (κ2) is 9.21. The minimum absolute atomic E-state index is 0.0571. The first-order valence-electron chi connectivity index (χ1n) is 12.5. The van der Waals surface area contributed by atoms with Gasteiger partial charge >= 0.3 is 5.97 Å². The maximum atomic E-state index is 13.7. The van der Waals surface area contributed by atoms with E-state index in [4.69, 9.17) is 9.15 Å². The van der Waals surface area contributed by atoms with Crippen molar-refractivity contribution in [1.82, 2.24) is 5.32 Å². The predicted molar refractivity (Wildman–Crippen MR) is 138 cm³/mol. The molecule has 184 valence electrons. The van der Waals surface area contributed by atoms with Crippen LogP contribution >= 0.6 is 11.3 Å². The number of hydrogen-bond acceptors (Lipinski definition) is 7. The summed E-state index contributed by atoms with van der Waals surface area (Å²) in [5.74, 6) is -1.28. The third kappa shape index (κ3) is 3.91. The molecule has 0 amide bonds. The first-order chi connectivity index (χ1) is 17.5. The minimum Gasteiger partial charge on any atom is -0.464 e. The lowest BCUT2D eigenvalue weighted by molar-refractivity contribution is -0.144. The number of Topliss-reactive ketones (excluding diaryl/α,β-unsaturated/α-hetero) is 1. The van der Waals surface area contributed by atoms with Crippen molar-refractivity contribution >= 4 is 34.1 Å². The number of ketones is 1. The molecule has 1 aliphatic heterocycles. The van der Waals surface area contributed by atoms with Gasteiger partial charge in [-0.25, -0.2) is 4.79 Å². The Morgan fingerprint density at radius 2 is 1.89 bits per heavy atom. The Morgan fingerprint density at radius 3 is 2.67 bits per heavy atom. The fraction of sp³-hybridized carbons (Fsp3) is 0.345. The van der Waals surface area contributed by atoms with Crippen LogP contribution in [-0.4, -0.2) is 17.9 Å². The van der Waals surface area contributed by atoms with Crippen LogP contribution < -0.4 is 10.7 Å². The molecular weight excluding hydrogens is 474 g/mol. The fourth-order valence-electron chi connectivity index (χ4n) is 5.86. The third-order valence-electron chi connectivity index (χ3n) is 7.59. The highest BCUT2D eigenvalue weighted by Gasteiger charge is 2.43. The van der Waals surface area contributed by atoms with Crippen LogP contribution in [0, 0.1) is 0 Å². The third-order valence-corrected chi connectivity index (χ3v) is 8.62. The molecule has 6 rings (SSSR count). The van der Waals surface area contributed by atoms with Gasteiger partial charge in [0.05, 0.1) is 23.1 Å². The smallest absolute Gasteiger partial charge is 0.337 e. The molecule has 2 aromatic heterocycles. The largest absolute Gasteiger partial charge is 0.464 e. The Hall–Kier alpha value is -3.45. The Labute approximate surface area is 212 Å². The van der Waals surface area contributed by atoms with Crippen LogP contribution in [0.4, 0.5) is 0 Å². The zero-order chi connectivity index (χ0) is 24.8. The summed E-state index contributed by atoms with van der Waals surface area (Å²) in [6.45, 7) is 1.82. The summed E-state index contributed by atoms with van der Waals surface area (Å²) in [4.78, 5) is 42.1. The van der Waals surface area contributed by atoms with Gasteiger partial charge in [0.15, 0.2) is 11.2 Å². The number of para-hydroxylation sites is 1. The standard InChI is InChI=1S/C29H27NO5S/c1-16-25(29(33)35-18-7-2-3-8-18)26(20-15-34-23-10-5-4-9-19(23)28(20)32)27-21(30-16)13-17(14-22(27)31)24-11-6-12-36-24/h4-6,9-12,15,17-18,26,30H,2-3,7-8,13-14H2,1H3/t17-,26+/m0/s1. The second-order valence-electron chi connectivity index (χ2n) is 9.86. The quantitative estimate of drug-likeness (QED) is 0.462.